The van der Waals surface area contributed by atoms with E-state index in [0.29, 0.717) is 17.9 Å². The molecule has 0 amide bonds. The number of nitrogens with one attached hydrogen (secondary N) is 1. The molecule has 1 saturated carbocycles. The lowest BCUT2D eigenvalue weighted by atomic mass is 9.88. The van der Waals surface area contributed by atoms with E-state index >= 15 is 0 Å². The smallest absolute Gasteiger partial charge is 0.343 e. The standard InChI is InChI=1S/C39H43NO4/c1-2-37(30-14-8-4-9-15-30)38(32-20-24-36(25-21-32)44-39(42)33-16-10-5-11-17-33)31-18-22-35(23-19-31)43-28-34(41)27-40-26-29-12-6-3-7-13-29/h4-5,8-11,14-25,29,34,40-41H,2-3,6-7,12-13,26-28H2,1H3. The highest BCUT2D eigenvalue weighted by molar-refractivity contribution is 5.98. The van der Waals surface area contributed by atoms with Gasteiger partial charge in [-0.1, -0.05) is 99.0 Å². The minimum Gasteiger partial charge on any atom is -0.491 e. The molecular weight excluding hydrogens is 546 g/mol. The number of aliphatic hydroxyl groups excluding tert-OH is 1. The molecule has 1 atom stereocenters. The van der Waals surface area contributed by atoms with Gasteiger partial charge in [-0.2, -0.15) is 0 Å². The highest BCUT2D eigenvalue weighted by atomic mass is 16.5. The largest absolute Gasteiger partial charge is 0.491 e. The summed E-state index contributed by atoms with van der Waals surface area (Å²) >= 11 is 0. The Morgan fingerprint density at radius 3 is 1.91 bits per heavy atom. The Kier molecular flexibility index (Phi) is 11.4. The number of carbonyl (C=O) groups excluding carboxylic acids is 1. The molecule has 1 aliphatic carbocycles. The van der Waals surface area contributed by atoms with Gasteiger partial charge in [0.1, 0.15) is 24.2 Å². The summed E-state index contributed by atoms with van der Waals surface area (Å²) in [5.74, 6) is 1.57. The zero-order valence-electron chi connectivity index (χ0n) is 25.6. The molecule has 228 valence electrons. The normalized spacial score (nSPS) is 14.9. The second kappa shape index (κ2) is 16.0. The molecule has 4 aromatic rings. The van der Waals surface area contributed by atoms with Gasteiger partial charge in [-0.25, -0.2) is 4.79 Å². The molecule has 0 bridgehead atoms. The van der Waals surface area contributed by atoms with E-state index in [1.165, 1.54) is 37.7 Å². The van der Waals surface area contributed by atoms with Crippen molar-refractivity contribution in [2.75, 3.05) is 19.7 Å². The number of rotatable bonds is 13. The second-order valence-corrected chi connectivity index (χ2v) is 11.5. The maximum atomic E-state index is 12.6. The predicted octanol–water partition coefficient (Wildman–Crippen LogP) is 8.18. The van der Waals surface area contributed by atoms with E-state index < -0.39 is 6.10 Å². The van der Waals surface area contributed by atoms with Crippen molar-refractivity contribution < 1.29 is 19.4 Å². The van der Waals surface area contributed by atoms with Crippen LogP contribution in [-0.4, -0.2) is 36.9 Å². The molecule has 5 rings (SSSR count). The number of carbonyl (C=O) groups is 1. The van der Waals surface area contributed by atoms with Gasteiger partial charge in [0, 0.05) is 6.54 Å². The first-order chi connectivity index (χ1) is 21.6. The molecule has 2 N–H and O–H groups in total. The first kappa shape index (κ1) is 31.2. The minimum absolute atomic E-state index is 0.243. The van der Waals surface area contributed by atoms with Gasteiger partial charge in [-0.05, 0) is 96.0 Å². The van der Waals surface area contributed by atoms with Gasteiger partial charge in [0.2, 0.25) is 0 Å². The van der Waals surface area contributed by atoms with Crippen LogP contribution in [0.15, 0.2) is 109 Å². The molecule has 0 radical (unpaired) electrons. The highest BCUT2D eigenvalue weighted by Crippen LogP contribution is 2.36. The molecule has 4 aromatic carbocycles. The summed E-state index contributed by atoms with van der Waals surface area (Å²) < 4.78 is 11.6. The van der Waals surface area contributed by atoms with E-state index in [4.69, 9.17) is 9.47 Å². The minimum atomic E-state index is -0.562. The maximum Gasteiger partial charge on any atom is 0.343 e. The van der Waals surface area contributed by atoms with Gasteiger partial charge in [0.05, 0.1) is 5.56 Å². The number of hydrogen-bond acceptors (Lipinski definition) is 5. The zero-order chi connectivity index (χ0) is 30.6. The Bertz CT molecular complexity index is 1480. The molecule has 0 aromatic heterocycles. The number of benzene rings is 4. The molecule has 0 heterocycles. The van der Waals surface area contributed by atoms with Crippen LogP contribution in [0.3, 0.4) is 0 Å². The average molecular weight is 590 g/mol. The first-order valence-electron chi connectivity index (χ1n) is 15.9. The third-order valence-corrected chi connectivity index (χ3v) is 8.26. The van der Waals surface area contributed by atoms with Crippen molar-refractivity contribution in [3.63, 3.8) is 0 Å². The fourth-order valence-electron chi connectivity index (χ4n) is 5.92. The predicted molar refractivity (Wildman–Crippen MR) is 178 cm³/mol. The van der Waals surface area contributed by atoms with Crippen molar-refractivity contribution in [2.24, 2.45) is 5.92 Å². The molecule has 0 spiro atoms. The number of hydrogen-bond donors (Lipinski definition) is 2. The zero-order valence-corrected chi connectivity index (χ0v) is 25.6. The van der Waals surface area contributed by atoms with Crippen molar-refractivity contribution in [3.8, 4) is 11.5 Å². The van der Waals surface area contributed by atoms with Crippen LogP contribution in [0.25, 0.3) is 11.1 Å². The monoisotopic (exact) mass is 589 g/mol. The lowest BCUT2D eigenvalue weighted by Crippen LogP contribution is -2.34. The lowest BCUT2D eigenvalue weighted by molar-refractivity contribution is 0.0734. The van der Waals surface area contributed by atoms with Gasteiger partial charge in [0.15, 0.2) is 0 Å². The molecule has 0 saturated heterocycles. The Balaban J connectivity index is 1.29. The van der Waals surface area contributed by atoms with E-state index in [0.717, 1.165) is 46.9 Å². The molecule has 1 fully saturated rings. The molecule has 1 aliphatic rings. The number of allylic oxidation sites excluding steroid dienone is 1. The average Bonchev–Trinajstić information content (AvgIpc) is 3.08. The van der Waals surface area contributed by atoms with Crippen LogP contribution in [0.1, 0.15) is 72.5 Å². The van der Waals surface area contributed by atoms with Crippen molar-refractivity contribution in [1.82, 2.24) is 5.32 Å². The van der Waals surface area contributed by atoms with Crippen LogP contribution >= 0.6 is 0 Å². The van der Waals surface area contributed by atoms with E-state index in [1.807, 2.05) is 60.7 Å². The summed E-state index contributed by atoms with van der Waals surface area (Å²) in [5.41, 5.74) is 6.08. The third kappa shape index (κ3) is 8.68. The topological polar surface area (TPSA) is 67.8 Å². The summed E-state index contributed by atoms with van der Waals surface area (Å²) in [4.78, 5) is 12.6. The van der Waals surface area contributed by atoms with Gasteiger partial charge >= 0.3 is 5.97 Å². The molecule has 5 heteroatoms. The fraction of sp³-hybridized carbons (Fsp3) is 0.308. The van der Waals surface area contributed by atoms with Crippen molar-refractivity contribution >= 4 is 17.1 Å². The molecule has 0 aliphatic heterocycles. The van der Waals surface area contributed by atoms with E-state index in [-0.39, 0.29) is 12.6 Å². The van der Waals surface area contributed by atoms with Gasteiger partial charge in [-0.3, -0.25) is 0 Å². The highest BCUT2D eigenvalue weighted by Gasteiger charge is 2.16. The molecule has 5 nitrogen and oxygen atoms in total. The van der Waals surface area contributed by atoms with E-state index in [9.17, 15) is 9.90 Å². The number of aliphatic hydroxyl groups is 1. The Hall–Kier alpha value is -4.19. The van der Waals surface area contributed by atoms with E-state index in [2.05, 4.69) is 48.6 Å². The number of ether oxygens (including phenoxy) is 2. The molecular formula is C39H43NO4. The van der Waals surface area contributed by atoms with Crippen LogP contribution in [0.2, 0.25) is 0 Å². The fourth-order valence-corrected chi connectivity index (χ4v) is 5.92. The summed E-state index contributed by atoms with van der Waals surface area (Å²) in [7, 11) is 0. The van der Waals surface area contributed by atoms with Crippen LogP contribution in [0, 0.1) is 5.92 Å². The first-order valence-corrected chi connectivity index (χ1v) is 15.9. The van der Waals surface area contributed by atoms with Gasteiger partial charge < -0.3 is 19.9 Å². The Morgan fingerprint density at radius 1 is 0.750 bits per heavy atom. The van der Waals surface area contributed by atoms with Gasteiger partial charge in [-0.15, -0.1) is 0 Å². The summed E-state index contributed by atoms with van der Waals surface area (Å²) in [6, 6.07) is 35.2. The van der Waals surface area contributed by atoms with E-state index in [1.54, 1.807) is 12.1 Å². The summed E-state index contributed by atoms with van der Waals surface area (Å²) in [6.07, 6.45) is 6.86. The Labute approximate surface area is 261 Å². The van der Waals surface area contributed by atoms with Crippen LogP contribution in [0.5, 0.6) is 11.5 Å². The molecule has 44 heavy (non-hydrogen) atoms. The van der Waals surface area contributed by atoms with Crippen molar-refractivity contribution in [3.05, 3.63) is 131 Å². The third-order valence-electron chi connectivity index (χ3n) is 8.26. The van der Waals surface area contributed by atoms with Crippen molar-refractivity contribution in [1.29, 1.82) is 0 Å². The Morgan fingerprint density at radius 2 is 1.32 bits per heavy atom. The molecule has 1 unspecified atom stereocenters. The summed E-state index contributed by atoms with van der Waals surface area (Å²) in [5, 5.41) is 13.9. The van der Waals surface area contributed by atoms with Gasteiger partial charge in [0.25, 0.3) is 0 Å². The second-order valence-electron chi connectivity index (χ2n) is 11.5. The van der Waals surface area contributed by atoms with Crippen molar-refractivity contribution in [2.45, 2.75) is 51.6 Å². The number of esters is 1. The lowest BCUT2D eigenvalue weighted by Gasteiger charge is -2.22. The van der Waals surface area contributed by atoms with Crippen LogP contribution in [0.4, 0.5) is 0 Å². The van der Waals surface area contributed by atoms with Crippen LogP contribution in [-0.2, 0) is 0 Å². The van der Waals surface area contributed by atoms with Crippen LogP contribution < -0.4 is 14.8 Å². The quantitative estimate of drug-likeness (QED) is 0.0935. The summed E-state index contributed by atoms with van der Waals surface area (Å²) in [6.45, 7) is 3.92. The SMILES string of the molecule is CCC(=C(c1ccc(OCC(O)CNCC2CCCCC2)cc1)c1ccc(OC(=O)c2ccccc2)cc1)c1ccccc1. The maximum absolute atomic E-state index is 12.6.